The molecule has 0 saturated carbocycles. The van der Waals surface area contributed by atoms with Crippen LogP contribution in [-0.2, 0) is 11.3 Å². The summed E-state index contributed by atoms with van der Waals surface area (Å²) in [4.78, 5) is 16.1. The number of hydrogen-bond donors (Lipinski definition) is 1. The SMILES string of the molecule is CCn1ccc(NCC(=O)N2CCN(C)CC2)n1. The number of carbonyl (C=O) groups excluding carboxylic acids is 1. The fraction of sp³-hybridized carbons (Fsp3) is 0.667. The minimum Gasteiger partial charge on any atom is -0.360 e. The molecular formula is C12H21N5O. The molecule has 0 bridgehead atoms. The van der Waals surface area contributed by atoms with Crippen molar-refractivity contribution in [3.05, 3.63) is 12.3 Å². The summed E-state index contributed by atoms with van der Waals surface area (Å²) in [7, 11) is 2.08. The fourth-order valence-electron chi connectivity index (χ4n) is 1.97. The molecule has 1 aromatic rings. The van der Waals surface area contributed by atoms with Crippen LogP contribution >= 0.6 is 0 Å². The molecule has 0 atom stereocenters. The van der Waals surface area contributed by atoms with Crippen LogP contribution in [-0.4, -0.2) is 65.3 Å². The largest absolute Gasteiger partial charge is 0.360 e. The first-order valence-electron chi connectivity index (χ1n) is 6.42. The van der Waals surface area contributed by atoms with Crippen LogP contribution in [0.15, 0.2) is 12.3 Å². The van der Waals surface area contributed by atoms with Gasteiger partial charge in [0.25, 0.3) is 0 Å². The van der Waals surface area contributed by atoms with Crippen molar-refractivity contribution in [2.24, 2.45) is 0 Å². The Hall–Kier alpha value is -1.56. The third-order valence-corrected chi connectivity index (χ3v) is 3.24. The van der Waals surface area contributed by atoms with Crippen LogP contribution < -0.4 is 5.32 Å². The second-order valence-electron chi connectivity index (χ2n) is 4.59. The van der Waals surface area contributed by atoms with Crippen molar-refractivity contribution in [2.75, 3.05) is 45.1 Å². The highest BCUT2D eigenvalue weighted by Gasteiger charge is 2.18. The standard InChI is InChI=1S/C12H21N5O/c1-3-17-5-4-11(14-17)13-10-12(18)16-8-6-15(2)7-9-16/h4-5H,3,6-10H2,1-2H3,(H,13,14). The Morgan fingerprint density at radius 1 is 1.39 bits per heavy atom. The van der Waals surface area contributed by atoms with Crippen LogP contribution in [0.2, 0.25) is 0 Å². The molecule has 6 nitrogen and oxygen atoms in total. The molecule has 1 N–H and O–H groups in total. The van der Waals surface area contributed by atoms with Crippen LogP contribution in [0.1, 0.15) is 6.92 Å². The summed E-state index contributed by atoms with van der Waals surface area (Å²) in [6.45, 7) is 6.75. The molecule has 18 heavy (non-hydrogen) atoms. The first kappa shape index (κ1) is 12.9. The van der Waals surface area contributed by atoms with Gasteiger partial charge in [-0.25, -0.2) is 0 Å². The van der Waals surface area contributed by atoms with Crippen LogP contribution in [0.5, 0.6) is 0 Å². The zero-order valence-corrected chi connectivity index (χ0v) is 11.1. The second kappa shape index (κ2) is 5.86. The summed E-state index contributed by atoms with van der Waals surface area (Å²) in [5.41, 5.74) is 0. The smallest absolute Gasteiger partial charge is 0.242 e. The van der Waals surface area contributed by atoms with Crippen LogP contribution in [0, 0.1) is 0 Å². The highest BCUT2D eigenvalue weighted by atomic mass is 16.2. The normalized spacial score (nSPS) is 16.9. The Balaban J connectivity index is 1.77. The number of amides is 1. The number of rotatable bonds is 4. The van der Waals surface area contributed by atoms with E-state index >= 15 is 0 Å². The van der Waals surface area contributed by atoms with Gasteiger partial charge in [-0.3, -0.25) is 9.48 Å². The van der Waals surface area contributed by atoms with E-state index in [1.165, 1.54) is 0 Å². The van der Waals surface area contributed by atoms with E-state index in [-0.39, 0.29) is 5.91 Å². The first-order valence-corrected chi connectivity index (χ1v) is 6.42. The van der Waals surface area contributed by atoms with E-state index in [2.05, 4.69) is 22.4 Å². The topological polar surface area (TPSA) is 53.4 Å². The van der Waals surface area contributed by atoms with E-state index < -0.39 is 0 Å². The third kappa shape index (κ3) is 3.22. The zero-order valence-electron chi connectivity index (χ0n) is 11.1. The molecule has 2 heterocycles. The van der Waals surface area contributed by atoms with E-state index in [0.717, 1.165) is 38.5 Å². The van der Waals surface area contributed by atoms with Gasteiger partial charge in [0, 0.05) is 45.0 Å². The molecule has 1 aliphatic heterocycles. The highest BCUT2D eigenvalue weighted by Crippen LogP contribution is 2.03. The summed E-state index contributed by atoms with van der Waals surface area (Å²) in [5, 5.41) is 7.36. The van der Waals surface area contributed by atoms with Crippen molar-refractivity contribution in [3.63, 3.8) is 0 Å². The van der Waals surface area contributed by atoms with Gasteiger partial charge in [0.15, 0.2) is 0 Å². The van der Waals surface area contributed by atoms with Crippen molar-refractivity contribution < 1.29 is 4.79 Å². The minimum atomic E-state index is 0.147. The molecule has 0 aromatic carbocycles. The molecule has 1 saturated heterocycles. The molecule has 2 rings (SSSR count). The van der Waals surface area contributed by atoms with Gasteiger partial charge in [0.2, 0.25) is 5.91 Å². The highest BCUT2D eigenvalue weighted by molar-refractivity contribution is 5.80. The number of aryl methyl sites for hydroxylation is 1. The minimum absolute atomic E-state index is 0.147. The number of nitrogens with zero attached hydrogens (tertiary/aromatic N) is 4. The molecule has 1 aliphatic rings. The lowest BCUT2D eigenvalue weighted by Crippen LogP contribution is -2.48. The van der Waals surface area contributed by atoms with Gasteiger partial charge in [0.1, 0.15) is 5.82 Å². The van der Waals surface area contributed by atoms with Gasteiger partial charge in [-0.05, 0) is 14.0 Å². The van der Waals surface area contributed by atoms with Crippen molar-refractivity contribution >= 4 is 11.7 Å². The molecule has 1 aromatic heterocycles. The summed E-state index contributed by atoms with van der Waals surface area (Å²) >= 11 is 0. The zero-order chi connectivity index (χ0) is 13.0. The fourth-order valence-corrected chi connectivity index (χ4v) is 1.97. The lowest BCUT2D eigenvalue weighted by atomic mass is 10.3. The predicted molar refractivity (Wildman–Crippen MR) is 70.5 cm³/mol. The number of aromatic nitrogens is 2. The summed E-state index contributed by atoms with van der Waals surface area (Å²) < 4.78 is 1.84. The van der Waals surface area contributed by atoms with E-state index in [0.29, 0.717) is 6.54 Å². The maximum atomic E-state index is 12.0. The lowest BCUT2D eigenvalue weighted by Gasteiger charge is -2.32. The van der Waals surface area contributed by atoms with Crippen LogP contribution in [0.4, 0.5) is 5.82 Å². The van der Waals surface area contributed by atoms with Gasteiger partial charge in [-0.15, -0.1) is 0 Å². The Kier molecular flexibility index (Phi) is 4.19. The molecule has 1 fully saturated rings. The van der Waals surface area contributed by atoms with Crippen molar-refractivity contribution in [3.8, 4) is 0 Å². The average molecular weight is 251 g/mol. The number of likely N-dealkylation sites (N-methyl/N-ethyl adjacent to an activating group) is 1. The van der Waals surface area contributed by atoms with Gasteiger partial charge in [-0.1, -0.05) is 0 Å². The Labute approximate surface area is 108 Å². The maximum Gasteiger partial charge on any atom is 0.242 e. The van der Waals surface area contributed by atoms with E-state index in [1.807, 2.05) is 28.8 Å². The van der Waals surface area contributed by atoms with Crippen molar-refractivity contribution in [1.29, 1.82) is 0 Å². The molecule has 0 radical (unpaired) electrons. The summed E-state index contributed by atoms with van der Waals surface area (Å²) in [5.74, 6) is 0.911. The summed E-state index contributed by atoms with van der Waals surface area (Å²) in [6.07, 6.45) is 1.91. The maximum absolute atomic E-state index is 12.0. The number of nitrogens with one attached hydrogen (secondary N) is 1. The molecule has 0 unspecified atom stereocenters. The lowest BCUT2D eigenvalue weighted by molar-refractivity contribution is -0.130. The monoisotopic (exact) mass is 251 g/mol. The quantitative estimate of drug-likeness (QED) is 0.824. The molecule has 100 valence electrons. The number of carbonyl (C=O) groups is 1. The molecule has 0 aliphatic carbocycles. The van der Waals surface area contributed by atoms with Crippen LogP contribution in [0.3, 0.4) is 0 Å². The molecule has 6 heteroatoms. The van der Waals surface area contributed by atoms with Gasteiger partial charge in [0.05, 0.1) is 6.54 Å². The third-order valence-electron chi connectivity index (χ3n) is 3.24. The van der Waals surface area contributed by atoms with Gasteiger partial charge >= 0.3 is 0 Å². The second-order valence-corrected chi connectivity index (χ2v) is 4.59. The van der Waals surface area contributed by atoms with E-state index in [9.17, 15) is 4.79 Å². The number of hydrogen-bond acceptors (Lipinski definition) is 4. The number of anilines is 1. The Morgan fingerprint density at radius 2 is 2.11 bits per heavy atom. The molecular weight excluding hydrogens is 230 g/mol. The van der Waals surface area contributed by atoms with Gasteiger partial charge in [-0.2, -0.15) is 5.10 Å². The predicted octanol–water partition coefficient (Wildman–Crippen LogP) is 0.0889. The molecule has 1 amide bonds. The Bertz CT molecular complexity index is 395. The van der Waals surface area contributed by atoms with Crippen molar-refractivity contribution in [2.45, 2.75) is 13.5 Å². The van der Waals surface area contributed by atoms with Crippen LogP contribution in [0.25, 0.3) is 0 Å². The average Bonchev–Trinajstić information content (AvgIpc) is 2.85. The summed E-state index contributed by atoms with van der Waals surface area (Å²) in [6, 6.07) is 1.89. The van der Waals surface area contributed by atoms with E-state index in [1.54, 1.807) is 0 Å². The first-order chi connectivity index (χ1) is 8.69. The molecule has 0 spiro atoms. The van der Waals surface area contributed by atoms with Gasteiger partial charge < -0.3 is 15.1 Å². The van der Waals surface area contributed by atoms with E-state index in [4.69, 9.17) is 0 Å². The Morgan fingerprint density at radius 3 is 2.72 bits per heavy atom. The number of piperazine rings is 1. The van der Waals surface area contributed by atoms with Crippen molar-refractivity contribution in [1.82, 2.24) is 19.6 Å².